The van der Waals surface area contributed by atoms with Crippen LogP contribution in [-0.2, 0) is 0 Å². The fourth-order valence-electron chi connectivity index (χ4n) is 0.961. The predicted molar refractivity (Wildman–Crippen MR) is 39.1 cm³/mol. The van der Waals surface area contributed by atoms with Gasteiger partial charge in [0.05, 0.1) is 6.04 Å². The summed E-state index contributed by atoms with van der Waals surface area (Å²) in [4.78, 5) is 3.93. The minimum atomic E-state index is 0.448. The molecule has 0 amide bonds. The van der Waals surface area contributed by atoms with Gasteiger partial charge in [0.15, 0.2) is 0 Å². The van der Waals surface area contributed by atoms with Crippen LogP contribution in [-0.4, -0.2) is 38.9 Å². The zero-order valence-electron chi connectivity index (χ0n) is 5.72. The minimum absolute atomic E-state index is 0.448. The van der Waals surface area contributed by atoms with Crippen LogP contribution in [0.25, 0.3) is 0 Å². The van der Waals surface area contributed by atoms with E-state index >= 15 is 0 Å². The van der Waals surface area contributed by atoms with E-state index in [1.54, 1.807) is 7.05 Å². The SMILES string of the molecule is CN=CC1CNCCN1. The molecule has 1 atom stereocenters. The predicted octanol–water partition coefficient (Wildman–Crippen LogP) is -0.752. The smallest absolute Gasteiger partial charge is 0.0547 e. The van der Waals surface area contributed by atoms with Gasteiger partial charge in [0, 0.05) is 32.9 Å². The van der Waals surface area contributed by atoms with E-state index in [1.807, 2.05) is 6.21 Å². The van der Waals surface area contributed by atoms with Gasteiger partial charge >= 0.3 is 0 Å². The third kappa shape index (κ3) is 2.11. The molecular formula is C6H13N3. The summed E-state index contributed by atoms with van der Waals surface area (Å²) in [5.41, 5.74) is 0. The molecule has 9 heavy (non-hydrogen) atoms. The Bertz CT molecular complexity index is 94.5. The van der Waals surface area contributed by atoms with E-state index in [-0.39, 0.29) is 0 Å². The van der Waals surface area contributed by atoms with Crippen molar-refractivity contribution in [3.05, 3.63) is 0 Å². The van der Waals surface area contributed by atoms with Crippen molar-refractivity contribution < 1.29 is 0 Å². The summed E-state index contributed by atoms with van der Waals surface area (Å²) in [6.07, 6.45) is 1.94. The first kappa shape index (κ1) is 6.71. The standard InChI is InChI=1S/C6H13N3/c1-7-4-6-5-8-2-3-9-6/h4,6,8-9H,2-3,5H2,1H3. The Morgan fingerprint density at radius 2 is 2.44 bits per heavy atom. The van der Waals surface area contributed by atoms with Gasteiger partial charge < -0.3 is 10.6 Å². The molecule has 1 aliphatic heterocycles. The third-order valence-electron chi connectivity index (χ3n) is 1.40. The quantitative estimate of drug-likeness (QED) is 0.455. The molecule has 1 aliphatic rings. The lowest BCUT2D eigenvalue weighted by Crippen LogP contribution is -2.49. The van der Waals surface area contributed by atoms with Crippen LogP contribution in [0.4, 0.5) is 0 Å². The van der Waals surface area contributed by atoms with E-state index in [9.17, 15) is 0 Å². The largest absolute Gasteiger partial charge is 0.314 e. The van der Waals surface area contributed by atoms with Crippen molar-refractivity contribution in [3.8, 4) is 0 Å². The summed E-state index contributed by atoms with van der Waals surface area (Å²) in [7, 11) is 1.80. The summed E-state index contributed by atoms with van der Waals surface area (Å²) in [6, 6.07) is 0.448. The number of aliphatic imine (C=N–C) groups is 1. The average molecular weight is 127 g/mol. The van der Waals surface area contributed by atoms with Crippen LogP contribution in [0, 0.1) is 0 Å². The summed E-state index contributed by atoms with van der Waals surface area (Å²) in [5, 5.41) is 6.57. The monoisotopic (exact) mass is 127 g/mol. The van der Waals surface area contributed by atoms with Gasteiger partial charge in [-0.05, 0) is 0 Å². The summed E-state index contributed by atoms with van der Waals surface area (Å²) in [5.74, 6) is 0. The molecule has 1 saturated heterocycles. The first-order valence-corrected chi connectivity index (χ1v) is 3.30. The molecule has 1 fully saturated rings. The number of piperazine rings is 1. The van der Waals surface area contributed by atoms with E-state index in [4.69, 9.17) is 0 Å². The Hall–Kier alpha value is -0.410. The summed E-state index contributed by atoms with van der Waals surface area (Å²) >= 11 is 0. The normalized spacial score (nSPS) is 29.2. The number of nitrogens with zero attached hydrogens (tertiary/aromatic N) is 1. The molecule has 0 radical (unpaired) electrons. The zero-order valence-corrected chi connectivity index (χ0v) is 5.72. The van der Waals surface area contributed by atoms with E-state index in [0.29, 0.717) is 6.04 Å². The Kier molecular flexibility index (Phi) is 2.67. The van der Waals surface area contributed by atoms with Crippen molar-refractivity contribution in [3.63, 3.8) is 0 Å². The molecule has 0 spiro atoms. The van der Waals surface area contributed by atoms with Crippen LogP contribution in [0.5, 0.6) is 0 Å². The third-order valence-corrected chi connectivity index (χ3v) is 1.40. The van der Waals surface area contributed by atoms with Gasteiger partial charge in [-0.3, -0.25) is 4.99 Å². The van der Waals surface area contributed by atoms with Crippen LogP contribution in [0.3, 0.4) is 0 Å². The first-order chi connectivity index (χ1) is 4.43. The fourth-order valence-corrected chi connectivity index (χ4v) is 0.961. The lowest BCUT2D eigenvalue weighted by atomic mass is 10.2. The van der Waals surface area contributed by atoms with Crippen LogP contribution in [0.15, 0.2) is 4.99 Å². The van der Waals surface area contributed by atoms with E-state index in [1.165, 1.54) is 0 Å². The zero-order chi connectivity index (χ0) is 6.53. The van der Waals surface area contributed by atoms with Crippen molar-refractivity contribution in [2.45, 2.75) is 6.04 Å². The topological polar surface area (TPSA) is 36.4 Å². The van der Waals surface area contributed by atoms with Crippen molar-refractivity contribution in [1.82, 2.24) is 10.6 Å². The second kappa shape index (κ2) is 3.58. The highest BCUT2D eigenvalue weighted by atomic mass is 15.1. The molecule has 0 aromatic heterocycles. The molecule has 0 aliphatic carbocycles. The van der Waals surface area contributed by atoms with Crippen LogP contribution in [0.1, 0.15) is 0 Å². The van der Waals surface area contributed by atoms with Gasteiger partial charge in [-0.25, -0.2) is 0 Å². The van der Waals surface area contributed by atoms with E-state index in [0.717, 1.165) is 19.6 Å². The van der Waals surface area contributed by atoms with Gasteiger partial charge in [0.2, 0.25) is 0 Å². The second-order valence-electron chi connectivity index (χ2n) is 2.17. The van der Waals surface area contributed by atoms with Crippen LogP contribution < -0.4 is 10.6 Å². The molecule has 1 rings (SSSR count). The number of hydrogen-bond acceptors (Lipinski definition) is 3. The summed E-state index contributed by atoms with van der Waals surface area (Å²) < 4.78 is 0. The van der Waals surface area contributed by atoms with Gasteiger partial charge in [-0.2, -0.15) is 0 Å². The lowest BCUT2D eigenvalue weighted by Gasteiger charge is -2.20. The highest BCUT2D eigenvalue weighted by Gasteiger charge is 2.07. The van der Waals surface area contributed by atoms with Crippen LogP contribution in [0.2, 0.25) is 0 Å². The number of hydrogen-bond donors (Lipinski definition) is 2. The van der Waals surface area contributed by atoms with Gasteiger partial charge in [-0.1, -0.05) is 0 Å². The maximum absolute atomic E-state index is 3.93. The molecule has 0 aromatic rings. The van der Waals surface area contributed by atoms with Crippen molar-refractivity contribution in [2.75, 3.05) is 26.7 Å². The van der Waals surface area contributed by atoms with Crippen molar-refractivity contribution in [1.29, 1.82) is 0 Å². The molecule has 52 valence electrons. The molecular weight excluding hydrogens is 114 g/mol. The van der Waals surface area contributed by atoms with E-state index < -0.39 is 0 Å². The van der Waals surface area contributed by atoms with Crippen molar-refractivity contribution in [2.24, 2.45) is 4.99 Å². The molecule has 0 aromatic carbocycles. The van der Waals surface area contributed by atoms with Gasteiger partial charge in [0.1, 0.15) is 0 Å². The van der Waals surface area contributed by atoms with E-state index in [2.05, 4.69) is 15.6 Å². The number of rotatable bonds is 1. The Morgan fingerprint density at radius 1 is 1.56 bits per heavy atom. The molecule has 1 heterocycles. The molecule has 1 unspecified atom stereocenters. The Balaban J connectivity index is 2.23. The fraction of sp³-hybridized carbons (Fsp3) is 0.833. The highest BCUT2D eigenvalue weighted by molar-refractivity contribution is 5.64. The molecule has 2 N–H and O–H groups in total. The summed E-state index contributed by atoms with van der Waals surface area (Å²) in [6.45, 7) is 3.14. The second-order valence-corrected chi connectivity index (χ2v) is 2.17. The first-order valence-electron chi connectivity index (χ1n) is 3.30. The Morgan fingerprint density at radius 3 is 3.00 bits per heavy atom. The van der Waals surface area contributed by atoms with Crippen LogP contribution >= 0.6 is 0 Å². The lowest BCUT2D eigenvalue weighted by molar-refractivity contribution is 0.492. The molecule has 0 saturated carbocycles. The highest BCUT2D eigenvalue weighted by Crippen LogP contribution is 1.81. The molecule has 3 nitrogen and oxygen atoms in total. The molecule has 3 heteroatoms. The maximum Gasteiger partial charge on any atom is 0.0547 e. The number of nitrogens with one attached hydrogen (secondary N) is 2. The van der Waals surface area contributed by atoms with Gasteiger partial charge in [-0.15, -0.1) is 0 Å². The van der Waals surface area contributed by atoms with Crippen molar-refractivity contribution >= 4 is 6.21 Å². The Labute approximate surface area is 55.6 Å². The minimum Gasteiger partial charge on any atom is -0.314 e. The maximum atomic E-state index is 3.93. The van der Waals surface area contributed by atoms with Gasteiger partial charge in [0.25, 0.3) is 0 Å². The molecule has 0 bridgehead atoms. The average Bonchev–Trinajstić information content (AvgIpc) is 1.91.